The van der Waals surface area contributed by atoms with Gasteiger partial charge in [0.25, 0.3) is 0 Å². The Hall–Kier alpha value is -3.43. The minimum absolute atomic E-state index is 0.0809. The van der Waals surface area contributed by atoms with Crippen LogP contribution in [0.25, 0.3) is 0 Å². The standard InChI is InChI=1S/C18H15F3O7/c1-9-3-4-11(16(25)17(9)26-10(2)22)7-15(24)27-12-5-6-13(23)14(8-12)28-18(19,20)21/h3-6,8,23,25H,7H2,1-2H3. The maximum atomic E-state index is 12.3. The molecule has 0 saturated heterocycles. The van der Waals surface area contributed by atoms with Gasteiger partial charge in [-0.05, 0) is 24.6 Å². The summed E-state index contributed by atoms with van der Waals surface area (Å²) in [6.45, 7) is 2.73. The van der Waals surface area contributed by atoms with Crippen molar-refractivity contribution in [1.82, 2.24) is 0 Å². The number of benzene rings is 2. The summed E-state index contributed by atoms with van der Waals surface area (Å²) in [5.41, 5.74) is 0.537. The van der Waals surface area contributed by atoms with Crippen LogP contribution in [0.15, 0.2) is 30.3 Å². The van der Waals surface area contributed by atoms with Crippen molar-refractivity contribution in [3.05, 3.63) is 41.5 Å². The number of phenolic OH excluding ortho intramolecular Hbond substituents is 2. The van der Waals surface area contributed by atoms with E-state index in [-0.39, 0.29) is 17.1 Å². The van der Waals surface area contributed by atoms with Crippen LogP contribution in [-0.2, 0) is 16.0 Å². The number of phenols is 2. The summed E-state index contributed by atoms with van der Waals surface area (Å²) in [6.07, 6.45) is -5.50. The zero-order valence-electron chi connectivity index (χ0n) is 14.7. The SMILES string of the molecule is CC(=O)Oc1c(C)ccc(CC(=O)Oc2ccc(O)c(OC(F)(F)F)c2)c1O. The second-order valence-electron chi connectivity index (χ2n) is 5.64. The van der Waals surface area contributed by atoms with Gasteiger partial charge in [0.1, 0.15) is 5.75 Å². The molecule has 150 valence electrons. The second kappa shape index (κ2) is 8.07. The number of carbonyl (C=O) groups is 2. The predicted octanol–water partition coefficient (Wildman–Crippen LogP) is 3.38. The molecule has 2 N–H and O–H groups in total. The molecule has 0 bridgehead atoms. The van der Waals surface area contributed by atoms with Gasteiger partial charge in [0.05, 0.1) is 6.42 Å². The van der Waals surface area contributed by atoms with Gasteiger partial charge < -0.3 is 24.4 Å². The van der Waals surface area contributed by atoms with Crippen molar-refractivity contribution in [2.24, 2.45) is 0 Å². The molecule has 0 amide bonds. The number of halogens is 3. The van der Waals surface area contributed by atoms with E-state index in [1.165, 1.54) is 12.1 Å². The molecule has 7 nitrogen and oxygen atoms in total. The quantitative estimate of drug-likeness (QED) is 0.586. The number of esters is 2. The molecule has 0 radical (unpaired) electrons. The fourth-order valence-electron chi connectivity index (χ4n) is 2.22. The first kappa shape index (κ1) is 20.9. The molecule has 10 heteroatoms. The number of hydrogen-bond acceptors (Lipinski definition) is 7. The molecule has 2 aromatic carbocycles. The highest BCUT2D eigenvalue weighted by molar-refractivity contribution is 5.78. The van der Waals surface area contributed by atoms with Crippen LogP contribution in [0.1, 0.15) is 18.1 Å². The predicted molar refractivity (Wildman–Crippen MR) is 88.3 cm³/mol. The van der Waals surface area contributed by atoms with E-state index in [1.807, 2.05) is 0 Å². The first-order valence-corrected chi connectivity index (χ1v) is 7.75. The van der Waals surface area contributed by atoms with Crippen LogP contribution in [-0.4, -0.2) is 28.5 Å². The van der Waals surface area contributed by atoms with E-state index < -0.39 is 42.0 Å². The number of alkyl halides is 3. The zero-order valence-corrected chi connectivity index (χ0v) is 14.7. The van der Waals surface area contributed by atoms with Crippen LogP contribution in [0, 0.1) is 6.92 Å². The number of aryl methyl sites for hydroxylation is 1. The van der Waals surface area contributed by atoms with Gasteiger partial charge in [-0.3, -0.25) is 9.59 Å². The van der Waals surface area contributed by atoms with Crippen molar-refractivity contribution in [2.45, 2.75) is 26.6 Å². The highest BCUT2D eigenvalue weighted by Gasteiger charge is 2.32. The van der Waals surface area contributed by atoms with Gasteiger partial charge >= 0.3 is 18.3 Å². The monoisotopic (exact) mass is 400 g/mol. The van der Waals surface area contributed by atoms with Crippen LogP contribution < -0.4 is 14.2 Å². The highest BCUT2D eigenvalue weighted by atomic mass is 19.4. The Morgan fingerprint density at radius 3 is 2.36 bits per heavy atom. The largest absolute Gasteiger partial charge is 0.573 e. The molecule has 0 heterocycles. The highest BCUT2D eigenvalue weighted by Crippen LogP contribution is 2.36. The van der Waals surface area contributed by atoms with Crippen molar-refractivity contribution >= 4 is 11.9 Å². The summed E-state index contributed by atoms with van der Waals surface area (Å²) in [5.74, 6) is -4.17. The number of carbonyl (C=O) groups excluding carboxylic acids is 2. The smallest absolute Gasteiger partial charge is 0.504 e. The minimum atomic E-state index is -5.04. The number of aromatic hydroxyl groups is 2. The number of ether oxygens (including phenoxy) is 3. The van der Waals surface area contributed by atoms with Gasteiger partial charge in [0.2, 0.25) is 0 Å². The van der Waals surface area contributed by atoms with Crippen LogP contribution >= 0.6 is 0 Å². The van der Waals surface area contributed by atoms with Gasteiger partial charge in [-0.15, -0.1) is 13.2 Å². The normalized spacial score (nSPS) is 11.0. The average molecular weight is 400 g/mol. The lowest BCUT2D eigenvalue weighted by molar-refractivity contribution is -0.275. The fourth-order valence-corrected chi connectivity index (χ4v) is 2.22. The van der Waals surface area contributed by atoms with Crippen molar-refractivity contribution in [1.29, 1.82) is 0 Å². The third-order valence-corrected chi connectivity index (χ3v) is 3.38. The van der Waals surface area contributed by atoms with Crippen LogP contribution in [0.3, 0.4) is 0 Å². The first-order valence-electron chi connectivity index (χ1n) is 7.75. The van der Waals surface area contributed by atoms with Crippen LogP contribution in [0.2, 0.25) is 0 Å². The summed E-state index contributed by atoms with van der Waals surface area (Å²) < 4.78 is 50.4. The van der Waals surface area contributed by atoms with E-state index in [0.29, 0.717) is 11.6 Å². The Bertz CT molecular complexity index is 907. The molecule has 0 aliphatic carbocycles. The Labute approximate surface area is 156 Å². The summed E-state index contributed by atoms with van der Waals surface area (Å²) in [4.78, 5) is 23.2. The van der Waals surface area contributed by atoms with Crippen molar-refractivity contribution in [3.8, 4) is 28.7 Å². The summed E-state index contributed by atoms with van der Waals surface area (Å²) in [7, 11) is 0. The lowest BCUT2D eigenvalue weighted by Crippen LogP contribution is -2.17. The topological polar surface area (TPSA) is 102 Å². The van der Waals surface area contributed by atoms with E-state index >= 15 is 0 Å². The average Bonchev–Trinajstić information content (AvgIpc) is 2.56. The van der Waals surface area contributed by atoms with Crippen molar-refractivity contribution < 1.29 is 47.2 Å². The van der Waals surface area contributed by atoms with Gasteiger partial charge in [-0.25, -0.2) is 0 Å². The second-order valence-corrected chi connectivity index (χ2v) is 5.64. The fraction of sp³-hybridized carbons (Fsp3) is 0.222. The molecule has 2 rings (SSSR count). The maximum Gasteiger partial charge on any atom is 0.573 e. The third-order valence-electron chi connectivity index (χ3n) is 3.38. The van der Waals surface area contributed by atoms with E-state index in [2.05, 4.69) is 4.74 Å². The number of rotatable bonds is 5. The van der Waals surface area contributed by atoms with Gasteiger partial charge in [0, 0.05) is 18.6 Å². The molecule has 0 saturated carbocycles. The molecular weight excluding hydrogens is 385 g/mol. The van der Waals surface area contributed by atoms with E-state index in [4.69, 9.17) is 9.47 Å². The van der Waals surface area contributed by atoms with Gasteiger partial charge in [0.15, 0.2) is 23.0 Å². The van der Waals surface area contributed by atoms with E-state index in [9.17, 15) is 33.0 Å². The maximum absolute atomic E-state index is 12.3. The van der Waals surface area contributed by atoms with Crippen LogP contribution in [0.4, 0.5) is 13.2 Å². The molecule has 0 atom stereocenters. The van der Waals surface area contributed by atoms with Crippen LogP contribution in [0.5, 0.6) is 28.7 Å². The molecular formula is C18H15F3O7. The van der Waals surface area contributed by atoms with E-state index in [0.717, 1.165) is 19.1 Å². The summed E-state index contributed by atoms with van der Waals surface area (Å²) in [5, 5.41) is 19.6. The molecule has 0 aliphatic heterocycles. The number of hydrogen-bond donors (Lipinski definition) is 2. The zero-order chi connectivity index (χ0) is 21.1. The van der Waals surface area contributed by atoms with Gasteiger partial charge in [-0.1, -0.05) is 12.1 Å². The molecule has 0 spiro atoms. The minimum Gasteiger partial charge on any atom is -0.504 e. The molecule has 2 aromatic rings. The molecule has 0 aliphatic rings. The Morgan fingerprint density at radius 1 is 1.07 bits per heavy atom. The molecule has 0 unspecified atom stereocenters. The first-order chi connectivity index (χ1) is 13.0. The lowest BCUT2D eigenvalue weighted by Gasteiger charge is -2.13. The Morgan fingerprint density at radius 2 is 1.75 bits per heavy atom. The summed E-state index contributed by atoms with van der Waals surface area (Å²) in [6, 6.07) is 5.55. The van der Waals surface area contributed by atoms with Crippen molar-refractivity contribution in [3.63, 3.8) is 0 Å². The Kier molecular flexibility index (Phi) is 6.02. The third kappa shape index (κ3) is 5.53. The Balaban J connectivity index is 2.17. The molecule has 0 aromatic heterocycles. The molecule has 28 heavy (non-hydrogen) atoms. The van der Waals surface area contributed by atoms with E-state index in [1.54, 1.807) is 6.92 Å². The summed E-state index contributed by atoms with van der Waals surface area (Å²) >= 11 is 0. The van der Waals surface area contributed by atoms with Crippen molar-refractivity contribution in [2.75, 3.05) is 0 Å². The lowest BCUT2D eigenvalue weighted by atomic mass is 10.1. The van der Waals surface area contributed by atoms with Gasteiger partial charge in [-0.2, -0.15) is 0 Å². The molecule has 0 fully saturated rings.